The van der Waals surface area contributed by atoms with Gasteiger partial charge in [-0.15, -0.1) is 0 Å². The molecule has 8 heteroatoms. The smallest absolute Gasteiger partial charge is 0.303 e. The number of benzene rings is 3. The van der Waals surface area contributed by atoms with Crippen LogP contribution in [0.25, 0.3) is 11.0 Å². The molecule has 4 N–H and O–H groups in total. The Morgan fingerprint density at radius 1 is 1.06 bits per heavy atom. The van der Waals surface area contributed by atoms with E-state index in [4.69, 9.17) is 0 Å². The summed E-state index contributed by atoms with van der Waals surface area (Å²) >= 11 is 0. The Kier molecular flexibility index (Phi) is 6.95. The van der Waals surface area contributed by atoms with Gasteiger partial charge in [0.05, 0.1) is 17.5 Å². The van der Waals surface area contributed by atoms with E-state index in [1.807, 2.05) is 60.7 Å². The molecule has 4 aromatic rings. The number of fused-ring (bicyclic) bond motifs is 2. The molecule has 36 heavy (non-hydrogen) atoms. The highest BCUT2D eigenvalue weighted by atomic mass is 16.4. The Hall–Kier alpha value is -4.17. The summed E-state index contributed by atoms with van der Waals surface area (Å²) in [5, 5.41) is 16.0. The van der Waals surface area contributed by atoms with Crippen LogP contribution >= 0.6 is 0 Å². The van der Waals surface area contributed by atoms with Crippen LogP contribution in [0.4, 0.5) is 17.3 Å². The van der Waals surface area contributed by atoms with Crippen LogP contribution in [0.1, 0.15) is 36.3 Å². The number of para-hydroxylation sites is 3. The molecular formula is C28H29N5O3. The molecule has 1 atom stereocenters. The molecule has 0 saturated carbocycles. The Morgan fingerprint density at radius 2 is 1.83 bits per heavy atom. The van der Waals surface area contributed by atoms with E-state index in [0.29, 0.717) is 38.4 Å². The van der Waals surface area contributed by atoms with Gasteiger partial charge in [0.1, 0.15) is 0 Å². The first-order valence-corrected chi connectivity index (χ1v) is 12.2. The quantitative estimate of drug-likeness (QED) is 0.255. The van der Waals surface area contributed by atoms with Gasteiger partial charge < -0.3 is 25.6 Å². The van der Waals surface area contributed by atoms with Crippen LogP contribution in [-0.2, 0) is 16.1 Å². The number of carbonyl (C=O) groups excluding carboxylic acids is 1. The minimum atomic E-state index is -0.837. The van der Waals surface area contributed by atoms with E-state index in [-0.39, 0.29) is 18.2 Å². The van der Waals surface area contributed by atoms with Crippen LogP contribution in [-0.4, -0.2) is 40.0 Å². The van der Waals surface area contributed by atoms with E-state index in [2.05, 4.69) is 32.7 Å². The molecule has 8 nitrogen and oxygen atoms in total. The van der Waals surface area contributed by atoms with Crippen molar-refractivity contribution < 1.29 is 14.7 Å². The fourth-order valence-electron chi connectivity index (χ4n) is 4.75. The highest BCUT2D eigenvalue weighted by Gasteiger charge is 2.28. The Morgan fingerprint density at radius 3 is 2.64 bits per heavy atom. The maximum atomic E-state index is 12.9. The zero-order chi connectivity index (χ0) is 24.9. The molecule has 0 aliphatic carbocycles. The van der Waals surface area contributed by atoms with Crippen LogP contribution < -0.4 is 15.5 Å². The molecule has 1 aliphatic heterocycles. The van der Waals surface area contributed by atoms with E-state index in [1.54, 1.807) is 4.90 Å². The number of anilines is 3. The number of rotatable bonds is 9. The van der Waals surface area contributed by atoms with E-state index in [1.165, 1.54) is 0 Å². The molecule has 0 spiro atoms. The molecule has 1 amide bonds. The standard InChI is InChI=1S/C28H29N5O3/c34-26-14-11-20(17-27(35)36)22-5-1-4-8-25(22)33(26)16-15-29-18-19-9-12-21(13-10-19)30-28-31-23-6-2-3-7-24(23)32-28/h1-10,12-13,20,29H,11,14-18H2,(H,35,36)(H2,30,31,32). The van der Waals surface area contributed by atoms with Crippen LogP contribution in [0, 0.1) is 0 Å². The molecule has 1 aromatic heterocycles. The minimum absolute atomic E-state index is 0.0393. The zero-order valence-electron chi connectivity index (χ0n) is 19.9. The highest BCUT2D eigenvalue weighted by molar-refractivity contribution is 5.95. The van der Waals surface area contributed by atoms with Gasteiger partial charge in [0.25, 0.3) is 0 Å². The van der Waals surface area contributed by atoms with E-state index < -0.39 is 5.97 Å². The van der Waals surface area contributed by atoms with Crippen molar-refractivity contribution in [2.24, 2.45) is 0 Å². The second-order valence-corrected chi connectivity index (χ2v) is 9.04. The van der Waals surface area contributed by atoms with E-state index in [9.17, 15) is 14.7 Å². The number of carbonyl (C=O) groups is 2. The van der Waals surface area contributed by atoms with Crippen LogP contribution in [0.3, 0.4) is 0 Å². The number of amides is 1. The number of nitrogens with zero attached hydrogens (tertiary/aromatic N) is 2. The summed E-state index contributed by atoms with van der Waals surface area (Å²) in [5.74, 6) is -0.239. The van der Waals surface area contributed by atoms with Crippen molar-refractivity contribution >= 4 is 40.2 Å². The third kappa shape index (κ3) is 5.39. The lowest BCUT2D eigenvalue weighted by molar-refractivity contribution is -0.137. The number of aromatic amines is 1. The van der Waals surface area contributed by atoms with Crippen LogP contribution in [0.5, 0.6) is 0 Å². The van der Waals surface area contributed by atoms with Gasteiger partial charge in [-0.2, -0.15) is 0 Å². The molecule has 184 valence electrons. The van der Waals surface area contributed by atoms with Crippen molar-refractivity contribution in [2.75, 3.05) is 23.3 Å². The molecule has 3 aromatic carbocycles. The molecule has 0 saturated heterocycles. The molecule has 0 bridgehead atoms. The Bertz CT molecular complexity index is 1330. The normalized spacial score (nSPS) is 15.5. The number of aliphatic carboxylic acids is 1. The van der Waals surface area contributed by atoms with Crippen molar-refractivity contribution in [1.29, 1.82) is 0 Å². The summed E-state index contributed by atoms with van der Waals surface area (Å²) in [4.78, 5) is 33.8. The molecule has 1 aliphatic rings. The van der Waals surface area contributed by atoms with Gasteiger partial charge in [0.2, 0.25) is 11.9 Å². The first kappa shape index (κ1) is 23.6. The van der Waals surface area contributed by atoms with Gasteiger partial charge >= 0.3 is 5.97 Å². The lowest BCUT2D eigenvalue weighted by atomic mass is 9.91. The zero-order valence-corrected chi connectivity index (χ0v) is 19.9. The minimum Gasteiger partial charge on any atom is -0.481 e. The predicted molar refractivity (Wildman–Crippen MR) is 141 cm³/mol. The van der Waals surface area contributed by atoms with Crippen molar-refractivity contribution in [3.05, 3.63) is 83.9 Å². The predicted octanol–water partition coefficient (Wildman–Crippen LogP) is 4.78. The first-order chi connectivity index (χ1) is 17.6. The summed E-state index contributed by atoms with van der Waals surface area (Å²) < 4.78 is 0. The Labute approximate surface area is 209 Å². The summed E-state index contributed by atoms with van der Waals surface area (Å²) in [6.45, 7) is 1.83. The number of nitrogens with one attached hydrogen (secondary N) is 3. The van der Waals surface area contributed by atoms with Gasteiger partial charge in [0.15, 0.2) is 0 Å². The van der Waals surface area contributed by atoms with Crippen molar-refractivity contribution in [3.63, 3.8) is 0 Å². The molecule has 1 unspecified atom stereocenters. The summed E-state index contributed by atoms with van der Waals surface area (Å²) in [7, 11) is 0. The number of aromatic nitrogens is 2. The average molecular weight is 484 g/mol. The fraction of sp³-hybridized carbons (Fsp3) is 0.250. The second kappa shape index (κ2) is 10.6. The van der Waals surface area contributed by atoms with Crippen molar-refractivity contribution in [2.45, 2.75) is 31.7 Å². The number of hydrogen-bond donors (Lipinski definition) is 4. The lowest BCUT2D eigenvalue weighted by Crippen LogP contribution is -2.36. The fourth-order valence-corrected chi connectivity index (χ4v) is 4.75. The van der Waals surface area contributed by atoms with Gasteiger partial charge in [-0.1, -0.05) is 42.5 Å². The third-order valence-electron chi connectivity index (χ3n) is 6.54. The molecule has 0 radical (unpaired) electrons. The summed E-state index contributed by atoms with van der Waals surface area (Å²) in [6.07, 6.45) is 0.949. The van der Waals surface area contributed by atoms with Gasteiger partial charge in [-0.3, -0.25) is 9.59 Å². The van der Waals surface area contributed by atoms with E-state index >= 15 is 0 Å². The number of carboxylic acids is 1. The van der Waals surface area contributed by atoms with Gasteiger partial charge in [0, 0.05) is 37.4 Å². The maximum Gasteiger partial charge on any atom is 0.303 e. The van der Waals surface area contributed by atoms with Crippen molar-refractivity contribution in [1.82, 2.24) is 15.3 Å². The highest BCUT2D eigenvalue weighted by Crippen LogP contribution is 2.36. The summed E-state index contributed by atoms with van der Waals surface area (Å²) in [5.41, 5.74) is 5.76. The SMILES string of the molecule is O=C(O)CC1CCC(=O)N(CCNCc2ccc(Nc3nc4ccccc4[nH]3)cc2)c2ccccc21. The number of carboxylic acid groups (broad SMARTS) is 1. The van der Waals surface area contributed by atoms with Gasteiger partial charge in [-0.05, 0) is 53.8 Å². The molecule has 0 fully saturated rings. The largest absolute Gasteiger partial charge is 0.481 e. The van der Waals surface area contributed by atoms with Crippen molar-refractivity contribution in [3.8, 4) is 0 Å². The molecule has 2 heterocycles. The monoisotopic (exact) mass is 483 g/mol. The molecular weight excluding hydrogens is 454 g/mol. The summed E-state index contributed by atoms with van der Waals surface area (Å²) in [6, 6.07) is 23.7. The van der Waals surface area contributed by atoms with Crippen LogP contribution in [0.2, 0.25) is 0 Å². The van der Waals surface area contributed by atoms with Crippen LogP contribution in [0.15, 0.2) is 72.8 Å². The number of imidazole rings is 1. The Balaban J connectivity index is 1.16. The second-order valence-electron chi connectivity index (χ2n) is 9.04. The third-order valence-corrected chi connectivity index (χ3v) is 6.54. The first-order valence-electron chi connectivity index (χ1n) is 12.2. The maximum absolute atomic E-state index is 12.9. The average Bonchev–Trinajstić information content (AvgIpc) is 3.24. The molecule has 5 rings (SSSR count). The van der Waals surface area contributed by atoms with E-state index in [0.717, 1.165) is 33.5 Å². The van der Waals surface area contributed by atoms with Gasteiger partial charge in [-0.25, -0.2) is 4.98 Å². The number of H-pyrrole nitrogens is 1. The number of hydrogen-bond acceptors (Lipinski definition) is 5. The topological polar surface area (TPSA) is 110 Å². The lowest BCUT2D eigenvalue weighted by Gasteiger charge is -2.24.